The van der Waals surface area contributed by atoms with Gasteiger partial charge in [-0.3, -0.25) is 0 Å². The van der Waals surface area contributed by atoms with Gasteiger partial charge in [0.1, 0.15) is 0 Å². The van der Waals surface area contributed by atoms with Crippen LogP contribution in [0, 0.1) is 0 Å². The van der Waals surface area contributed by atoms with Crippen LogP contribution in [0.1, 0.15) is 33.1 Å². The molecule has 1 heterocycles. The van der Waals surface area contributed by atoms with Gasteiger partial charge in [-0.2, -0.15) is 0 Å². The molecule has 1 aliphatic rings. The molecule has 1 N–H and O–H groups in total. The SMILES string of the molecule is CCC1(C(C)O)CCCO1. The van der Waals surface area contributed by atoms with Crippen molar-refractivity contribution in [3.63, 3.8) is 0 Å². The second-order valence-corrected chi connectivity index (χ2v) is 3.05. The summed E-state index contributed by atoms with van der Waals surface area (Å²) < 4.78 is 5.50. The minimum Gasteiger partial charge on any atom is -0.390 e. The molecule has 10 heavy (non-hydrogen) atoms. The summed E-state index contributed by atoms with van der Waals surface area (Å²) in [6, 6.07) is 0. The highest BCUT2D eigenvalue weighted by atomic mass is 16.5. The largest absolute Gasteiger partial charge is 0.390 e. The van der Waals surface area contributed by atoms with Crippen LogP contribution in [0.2, 0.25) is 0 Å². The van der Waals surface area contributed by atoms with E-state index in [2.05, 4.69) is 6.92 Å². The Labute approximate surface area is 62.2 Å². The van der Waals surface area contributed by atoms with Crippen molar-refractivity contribution in [3.8, 4) is 0 Å². The summed E-state index contributed by atoms with van der Waals surface area (Å²) >= 11 is 0. The first-order valence-corrected chi connectivity index (χ1v) is 4.03. The van der Waals surface area contributed by atoms with E-state index in [9.17, 15) is 5.11 Å². The van der Waals surface area contributed by atoms with E-state index in [1.54, 1.807) is 0 Å². The second-order valence-electron chi connectivity index (χ2n) is 3.05. The van der Waals surface area contributed by atoms with Crippen LogP contribution in [0.3, 0.4) is 0 Å². The summed E-state index contributed by atoms with van der Waals surface area (Å²) in [6.07, 6.45) is 2.71. The van der Waals surface area contributed by atoms with Crippen molar-refractivity contribution in [2.45, 2.75) is 44.8 Å². The maximum atomic E-state index is 9.38. The van der Waals surface area contributed by atoms with Gasteiger partial charge in [-0.25, -0.2) is 0 Å². The van der Waals surface area contributed by atoms with Gasteiger partial charge in [0.25, 0.3) is 0 Å². The first-order valence-electron chi connectivity index (χ1n) is 4.03. The fourth-order valence-electron chi connectivity index (χ4n) is 1.62. The molecule has 1 saturated heterocycles. The van der Waals surface area contributed by atoms with Gasteiger partial charge in [0.05, 0.1) is 11.7 Å². The molecule has 0 spiro atoms. The van der Waals surface area contributed by atoms with Crippen LogP contribution in [0.4, 0.5) is 0 Å². The molecule has 0 bridgehead atoms. The maximum Gasteiger partial charge on any atom is 0.0935 e. The molecule has 0 amide bonds. The zero-order chi connectivity index (χ0) is 7.61. The zero-order valence-electron chi connectivity index (χ0n) is 6.76. The highest BCUT2D eigenvalue weighted by Crippen LogP contribution is 2.31. The summed E-state index contributed by atoms with van der Waals surface area (Å²) in [5.74, 6) is 0. The van der Waals surface area contributed by atoms with Crippen LogP contribution in [0.5, 0.6) is 0 Å². The van der Waals surface area contributed by atoms with E-state index in [0.717, 1.165) is 25.9 Å². The highest BCUT2D eigenvalue weighted by Gasteiger charge is 2.37. The van der Waals surface area contributed by atoms with Crippen molar-refractivity contribution >= 4 is 0 Å². The normalized spacial score (nSPS) is 36.3. The Bertz CT molecular complexity index is 104. The number of ether oxygens (including phenoxy) is 1. The molecule has 2 unspecified atom stereocenters. The third kappa shape index (κ3) is 1.18. The molecule has 0 aromatic carbocycles. The van der Waals surface area contributed by atoms with E-state index in [4.69, 9.17) is 4.74 Å². The molecule has 0 aromatic heterocycles. The first-order chi connectivity index (χ1) is 4.71. The number of hydrogen-bond acceptors (Lipinski definition) is 2. The molecule has 1 aliphatic heterocycles. The van der Waals surface area contributed by atoms with Gasteiger partial charge >= 0.3 is 0 Å². The summed E-state index contributed by atoms with van der Waals surface area (Å²) in [6.45, 7) is 4.70. The van der Waals surface area contributed by atoms with Crippen molar-refractivity contribution in [1.29, 1.82) is 0 Å². The fraction of sp³-hybridized carbons (Fsp3) is 1.00. The minimum absolute atomic E-state index is 0.208. The average molecular weight is 144 g/mol. The molecule has 1 rings (SSSR count). The minimum atomic E-state index is -0.319. The quantitative estimate of drug-likeness (QED) is 0.633. The van der Waals surface area contributed by atoms with Crippen molar-refractivity contribution < 1.29 is 9.84 Å². The Balaban J connectivity index is 2.58. The van der Waals surface area contributed by atoms with Crippen LogP contribution >= 0.6 is 0 Å². The van der Waals surface area contributed by atoms with Crippen molar-refractivity contribution in [2.24, 2.45) is 0 Å². The zero-order valence-corrected chi connectivity index (χ0v) is 6.76. The summed E-state index contributed by atoms with van der Waals surface area (Å²) in [7, 11) is 0. The maximum absolute atomic E-state index is 9.38. The Morgan fingerprint density at radius 3 is 2.60 bits per heavy atom. The molecule has 0 aliphatic carbocycles. The molecule has 2 heteroatoms. The average Bonchev–Trinajstić information content (AvgIpc) is 2.35. The molecular formula is C8H16O2. The molecule has 0 aromatic rings. The first kappa shape index (κ1) is 8.02. The lowest BCUT2D eigenvalue weighted by Gasteiger charge is -2.29. The van der Waals surface area contributed by atoms with Crippen LogP contribution in [-0.2, 0) is 4.74 Å². The Morgan fingerprint density at radius 1 is 1.70 bits per heavy atom. The Morgan fingerprint density at radius 2 is 2.40 bits per heavy atom. The van der Waals surface area contributed by atoms with E-state index in [-0.39, 0.29) is 11.7 Å². The topological polar surface area (TPSA) is 29.5 Å². The second kappa shape index (κ2) is 2.89. The van der Waals surface area contributed by atoms with Gasteiger partial charge in [-0.05, 0) is 26.2 Å². The summed E-state index contributed by atoms with van der Waals surface area (Å²) in [5.41, 5.74) is -0.208. The van der Waals surface area contributed by atoms with E-state index >= 15 is 0 Å². The van der Waals surface area contributed by atoms with E-state index in [0.29, 0.717) is 0 Å². The van der Waals surface area contributed by atoms with Gasteiger partial charge in [-0.1, -0.05) is 6.92 Å². The highest BCUT2D eigenvalue weighted by molar-refractivity contribution is 4.88. The van der Waals surface area contributed by atoms with Crippen LogP contribution < -0.4 is 0 Å². The number of aliphatic hydroxyl groups excluding tert-OH is 1. The number of aliphatic hydroxyl groups is 1. The predicted molar refractivity (Wildman–Crippen MR) is 39.9 cm³/mol. The van der Waals surface area contributed by atoms with Crippen LogP contribution in [0.25, 0.3) is 0 Å². The van der Waals surface area contributed by atoms with Gasteiger partial charge < -0.3 is 9.84 Å². The third-order valence-corrected chi connectivity index (χ3v) is 2.49. The lowest BCUT2D eigenvalue weighted by Crippen LogP contribution is -2.38. The number of hydrogen-bond donors (Lipinski definition) is 1. The van der Waals surface area contributed by atoms with Gasteiger partial charge in [0, 0.05) is 6.61 Å². The van der Waals surface area contributed by atoms with Gasteiger partial charge in [0.15, 0.2) is 0 Å². The van der Waals surface area contributed by atoms with E-state index in [1.165, 1.54) is 0 Å². The van der Waals surface area contributed by atoms with E-state index in [1.807, 2.05) is 6.92 Å². The third-order valence-electron chi connectivity index (χ3n) is 2.49. The van der Waals surface area contributed by atoms with Gasteiger partial charge in [-0.15, -0.1) is 0 Å². The van der Waals surface area contributed by atoms with E-state index < -0.39 is 0 Å². The lowest BCUT2D eigenvalue weighted by atomic mass is 9.91. The van der Waals surface area contributed by atoms with Crippen molar-refractivity contribution in [2.75, 3.05) is 6.61 Å². The molecule has 0 radical (unpaired) electrons. The monoisotopic (exact) mass is 144 g/mol. The Kier molecular flexibility index (Phi) is 2.32. The van der Waals surface area contributed by atoms with Crippen molar-refractivity contribution in [3.05, 3.63) is 0 Å². The van der Waals surface area contributed by atoms with Crippen LogP contribution in [0.15, 0.2) is 0 Å². The lowest BCUT2D eigenvalue weighted by molar-refractivity contribution is -0.0843. The predicted octanol–water partition coefficient (Wildman–Crippen LogP) is 1.33. The van der Waals surface area contributed by atoms with Gasteiger partial charge in [0.2, 0.25) is 0 Å². The Hall–Kier alpha value is -0.0800. The molecule has 1 fully saturated rings. The molecule has 2 atom stereocenters. The molecule has 2 nitrogen and oxygen atoms in total. The standard InChI is InChI=1S/C8H16O2/c1-3-8(7(2)9)5-4-6-10-8/h7,9H,3-6H2,1-2H3. The van der Waals surface area contributed by atoms with Crippen molar-refractivity contribution in [1.82, 2.24) is 0 Å². The fourth-order valence-corrected chi connectivity index (χ4v) is 1.62. The molecule has 0 saturated carbocycles. The number of rotatable bonds is 2. The van der Waals surface area contributed by atoms with Crippen LogP contribution in [-0.4, -0.2) is 23.4 Å². The molecular weight excluding hydrogens is 128 g/mol. The molecule has 60 valence electrons. The summed E-state index contributed by atoms with van der Waals surface area (Å²) in [4.78, 5) is 0. The summed E-state index contributed by atoms with van der Waals surface area (Å²) in [5, 5.41) is 9.38. The smallest absolute Gasteiger partial charge is 0.0935 e.